The van der Waals surface area contributed by atoms with Gasteiger partial charge in [0.2, 0.25) is 0 Å². The lowest BCUT2D eigenvalue weighted by Crippen LogP contribution is -2.19. The van der Waals surface area contributed by atoms with Gasteiger partial charge in [-0.1, -0.05) is 6.92 Å². The van der Waals surface area contributed by atoms with Gasteiger partial charge in [-0.15, -0.1) is 5.10 Å². The Morgan fingerprint density at radius 3 is 3.06 bits per heavy atom. The van der Waals surface area contributed by atoms with Crippen molar-refractivity contribution in [2.75, 3.05) is 6.54 Å². The Kier molecular flexibility index (Phi) is 5.41. The van der Waals surface area contributed by atoms with Crippen LogP contribution in [0.15, 0.2) is 0 Å². The van der Waals surface area contributed by atoms with Crippen LogP contribution in [0.5, 0.6) is 0 Å². The van der Waals surface area contributed by atoms with E-state index in [2.05, 4.69) is 27.8 Å². The Bertz CT molecular complexity index is 325. The molecule has 1 rings (SSSR count). The topological polar surface area (TPSA) is 92.9 Å². The van der Waals surface area contributed by atoms with Crippen molar-refractivity contribution in [3.63, 3.8) is 0 Å². The van der Waals surface area contributed by atoms with Crippen molar-refractivity contribution < 1.29 is 9.90 Å². The van der Waals surface area contributed by atoms with E-state index < -0.39 is 5.97 Å². The van der Waals surface area contributed by atoms with E-state index in [-0.39, 0.29) is 6.42 Å². The highest BCUT2D eigenvalue weighted by atomic mass is 16.4. The van der Waals surface area contributed by atoms with Crippen LogP contribution < -0.4 is 5.32 Å². The molecule has 1 aromatic heterocycles. The smallest absolute Gasteiger partial charge is 0.303 e. The van der Waals surface area contributed by atoms with Crippen molar-refractivity contribution in [2.24, 2.45) is 0 Å². The van der Waals surface area contributed by atoms with Gasteiger partial charge in [-0.25, -0.2) is 4.68 Å². The van der Waals surface area contributed by atoms with Gasteiger partial charge in [-0.3, -0.25) is 4.79 Å². The predicted molar refractivity (Wildman–Crippen MR) is 56.7 cm³/mol. The number of nitrogens with zero attached hydrogens (tertiary/aromatic N) is 4. The van der Waals surface area contributed by atoms with Gasteiger partial charge in [0, 0.05) is 13.0 Å². The Morgan fingerprint density at radius 2 is 2.38 bits per heavy atom. The molecule has 0 amide bonds. The summed E-state index contributed by atoms with van der Waals surface area (Å²) in [6, 6.07) is 0. The molecule has 0 saturated carbocycles. The quantitative estimate of drug-likeness (QED) is 0.609. The van der Waals surface area contributed by atoms with E-state index in [4.69, 9.17) is 5.11 Å². The van der Waals surface area contributed by atoms with Crippen LogP contribution in [0.2, 0.25) is 0 Å². The standard InChI is InChI=1S/C9H17N5O2/c1-2-6-14-8(11-12-13-14)7-10-5-3-4-9(15)16/h10H,2-7H2,1H3,(H,15,16). The lowest BCUT2D eigenvalue weighted by molar-refractivity contribution is -0.137. The Hall–Kier alpha value is -1.50. The average molecular weight is 227 g/mol. The molecule has 2 N–H and O–H groups in total. The number of aliphatic carboxylic acids is 1. The fraction of sp³-hybridized carbons (Fsp3) is 0.778. The van der Waals surface area contributed by atoms with Gasteiger partial charge in [-0.2, -0.15) is 0 Å². The Labute approximate surface area is 93.8 Å². The van der Waals surface area contributed by atoms with Crippen molar-refractivity contribution in [2.45, 2.75) is 39.3 Å². The molecule has 0 radical (unpaired) electrons. The molecule has 1 heterocycles. The molecule has 7 nitrogen and oxygen atoms in total. The number of tetrazole rings is 1. The normalized spacial score (nSPS) is 10.6. The minimum atomic E-state index is -0.766. The molecule has 0 bridgehead atoms. The molecule has 0 atom stereocenters. The lowest BCUT2D eigenvalue weighted by atomic mass is 10.3. The molecule has 1 aromatic rings. The minimum absolute atomic E-state index is 0.187. The number of carbonyl (C=O) groups is 1. The average Bonchev–Trinajstić information content (AvgIpc) is 2.65. The molecule has 0 saturated heterocycles. The van der Waals surface area contributed by atoms with Gasteiger partial charge in [0.15, 0.2) is 5.82 Å². The van der Waals surface area contributed by atoms with Gasteiger partial charge in [0.25, 0.3) is 0 Å². The van der Waals surface area contributed by atoms with Crippen molar-refractivity contribution in [1.29, 1.82) is 0 Å². The van der Waals surface area contributed by atoms with E-state index in [1.165, 1.54) is 0 Å². The van der Waals surface area contributed by atoms with E-state index in [1.54, 1.807) is 4.68 Å². The van der Waals surface area contributed by atoms with Crippen molar-refractivity contribution in [3.05, 3.63) is 5.82 Å². The highest BCUT2D eigenvalue weighted by Gasteiger charge is 2.04. The summed E-state index contributed by atoms with van der Waals surface area (Å²) in [5, 5.41) is 22.9. The van der Waals surface area contributed by atoms with Crippen molar-refractivity contribution in [3.8, 4) is 0 Å². The molecule has 0 unspecified atom stereocenters. The number of nitrogens with one attached hydrogen (secondary N) is 1. The van der Waals surface area contributed by atoms with Gasteiger partial charge < -0.3 is 10.4 Å². The number of carboxylic acids is 1. The molecule has 0 spiro atoms. The van der Waals surface area contributed by atoms with E-state index in [0.717, 1.165) is 18.8 Å². The second-order valence-electron chi connectivity index (χ2n) is 3.49. The first kappa shape index (κ1) is 12.6. The summed E-state index contributed by atoms with van der Waals surface area (Å²) in [4.78, 5) is 10.3. The second-order valence-corrected chi connectivity index (χ2v) is 3.49. The maximum absolute atomic E-state index is 10.3. The van der Waals surface area contributed by atoms with Gasteiger partial charge in [0.05, 0.1) is 6.54 Å². The minimum Gasteiger partial charge on any atom is -0.481 e. The first-order valence-corrected chi connectivity index (χ1v) is 5.41. The number of aromatic nitrogens is 4. The molecule has 7 heteroatoms. The predicted octanol–water partition coefficient (Wildman–Crippen LogP) is 0.0375. The third-order valence-corrected chi connectivity index (χ3v) is 2.07. The highest BCUT2D eigenvalue weighted by Crippen LogP contribution is 1.94. The van der Waals surface area contributed by atoms with Crippen LogP contribution in [0.3, 0.4) is 0 Å². The largest absolute Gasteiger partial charge is 0.481 e. The SMILES string of the molecule is CCCn1nnnc1CNCCCC(=O)O. The van der Waals surface area contributed by atoms with Crippen LogP contribution in [0, 0.1) is 0 Å². The second kappa shape index (κ2) is 6.89. The highest BCUT2D eigenvalue weighted by molar-refractivity contribution is 5.66. The fourth-order valence-electron chi connectivity index (χ4n) is 1.30. The van der Waals surface area contributed by atoms with E-state index >= 15 is 0 Å². The summed E-state index contributed by atoms with van der Waals surface area (Å²) in [5.41, 5.74) is 0. The number of carboxylic acid groups (broad SMARTS) is 1. The molecule has 90 valence electrons. The van der Waals surface area contributed by atoms with Crippen LogP contribution in [0.1, 0.15) is 32.0 Å². The molecule has 0 aliphatic rings. The van der Waals surface area contributed by atoms with Crippen LogP contribution in [0.4, 0.5) is 0 Å². The van der Waals surface area contributed by atoms with E-state index in [9.17, 15) is 4.79 Å². The third-order valence-electron chi connectivity index (χ3n) is 2.07. The summed E-state index contributed by atoms with van der Waals surface area (Å²) in [5.74, 6) is 0.0230. The Balaban J connectivity index is 2.21. The zero-order chi connectivity index (χ0) is 11.8. The lowest BCUT2D eigenvalue weighted by Gasteiger charge is -2.04. The monoisotopic (exact) mass is 227 g/mol. The zero-order valence-corrected chi connectivity index (χ0v) is 9.39. The molecule has 16 heavy (non-hydrogen) atoms. The molecule has 0 aromatic carbocycles. The van der Waals surface area contributed by atoms with Crippen molar-refractivity contribution >= 4 is 5.97 Å². The van der Waals surface area contributed by atoms with Crippen LogP contribution in [0.25, 0.3) is 0 Å². The third kappa shape index (κ3) is 4.35. The summed E-state index contributed by atoms with van der Waals surface area (Å²) in [6.45, 7) is 4.10. The summed E-state index contributed by atoms with van der Waals surface area (Å²) >= 11 is 0. The van der Waals surface area contributed by atoms with Gasteiger partial charge >= 0.3 is 5.97 Å². The van der Waals surface area contributed by atoms with Gasteiger partial charge in [0.1, 0.15) is 0 Å². The zero-order valence-electron chi connectivity index (χ0n) is 9.39. The van der Waals surface area contributed by atoms with Crippen molar-refractivity contribution in [1.82, 2.24) is 25.5 Å². The number of hydrogen-bond acceptors (Lipinski definition) is 5. The summed E-state index contributed by atoms with van der Waals surface area (Å²) < 4.78 is 1.75. The number of hydrogen-bond donors (Lipinski definition) is 2. The number of rotatable bonds is 8. The summed E-state index contributed by atoms with van der Waals surface area (Å²) in [7, 11) is 0. The molecule has 0 aliphatic heterocycles. The molecule has 0 fully saturated rings. The van der Waals surface area contributed by atoms with Gasteiger partial charge in [-0.05, 0) is 29.8 Å². The summed E-state index contributed by atoms with van der Waals surface area (Å²) in [6.07, 6.45) is 1.79. The van der Waals surface area contributed by atoms with Crippen LogP contribution in [-0.2, 0) is 17.9 Å². The van der Waals surface area contributed by atoms with E-state index in [1.807, 2.05) is 0 Å². The fourth-order valence-corrected chi connectivity index (χ4v) is 1.30. The first-order valence-electron chi connectivity index (χ1n) is 5.41. The molecular weight excluding hydrogens is 210 g/mol. The first-order chi connectivity index (χ1) is 7.74. The molecular formula is C9H17N5O2. The Morgan fingerprint density at radius 1 is 1.56 bits per heavy atom. The number of aryl methyl sites for hydroxylation is 1. The maximum Gasteiger partial charge on any atom is 0.303 e. The van der Waals surface area contributed by atoms with E-state index in [0.29, 0.717) is 19.5 Å². The van der Waals surface area contributed by atoms with Crippen LogP contribution >= 0.6 is 0 Å². The van der Waals surface area contributed by atoms with Crippen LogP contribution in [-0.4, -0.2) is 37.8 Å². The maximum atomic E-state index is 10.3. The molecule has 0 aliphatic carbocycles.